The molecule has 0 bridgehead atoms. The summed E-state index contributed by atoms with van der Waals surface area (Å²) in [5.74, 6) is 5.96. The molecule has 5 rings (SSSR count). The Morgan fingerprint density at radius 2 is 1.64 bits per heavy atom. The summed E-state index contributed by atoms with van der Waals surface area (Å²) in [6.45, 7) is 13.0. The molecule has 7 unspecified atom stereocenters. The second-order valence-corrected chi connectivity index (χ2v) is 11.9. The zero-order valence-corrected chi connectivity index (χ0v) is 17.4. The highest BCUT2D eigenvalue weighted by atomic mass is 14.7. The Hall–Kier alpha value is -0.260. The van der Waals surface area contributed by atoms with Crippen LogP contribution in [0.25, 0.3) is 0 Å². The average Bonchev–Trinajstić information content (AvgIpc) is 3.01. The zero-order valence-electron chi connectivity index (χ0n) is 17.4. The van der Waals surface area contributed by atoms with Crippen molar-refractivity contribution >= 4 is 0 Å². The second kappa shape index (κ2) is 5.17. The van der Waals surface area contributed by atoms with E-state index in [9.17, 15) is 0 Å². The van der Waals surface area contributed by atoms with Crippen LogP contribution in [-0.4, -0.2) is 0 Å². The van der Waals surface area contributed by atoms with E-state index < -0.39 is 0 Å². The van der Waals surface area contributed by atoms with Gasteiger partial charge in [0.05, 0.1) is 0 Å². The van der Waals surface area contributed by atoms with Crippen LogP contribution in [-0.2, 0) is 0 Å². The quantitative estimate of drug-likeness (QED) is 0.441. The van der Waals surface area contributed by atoms with Gasteiger partial charge < -0.3 is 0 Å². The van der Waals surface area contributed by atoms with Gasteiger partial charge in [-0.2, -0.15) is 0 Å². The molecular weight excluding hydrogens is 300 g/mol. The van der Waals surface area contributed by atoms with E-state index in [1.165, 1.54) is 51.4 Å². The van der Waals surface area contributed by atoms with Crippen molar-refractivity contribution in [1.29, 1.82) is 0 Å². The van der Waals surface area contributed by atoms with Crippen molar-refractivity contribution in [2.24, 2.45) is 51.8 Å². The minimum atomic E-state index is 0.561. The lowest BCUT2D eigenvalue weighted by atomic mass is 9.46. The Bertz CT molecular complexity index is 601. The molecule has 4 saturated carbocycles. The van der Waals surface area contributed by atoms with Crippen LogP contribution >= 0.6 is 0 Å². The van der Waals surface area contributed by atoms with Crippen LogP contribution in [0.2, 0.25) is 0 Å². The fourth-order valence-corrected chi connectivity index (χ4v) is 9.01. The summed E-state index contributed by atoms with van der Waals surface area (Å²) in [4.78, 5) is 0. The molecule has 0 spiro atoms. The highest BCUT2D eigenvalue weighted by Crippen LogP contribution is 2.73. The van der Waals surface area contributed by atoms with Gasteiger partial charge in [-0.15, -0.1) is 0 Å². The Balaban J connectivity index is 1.46. The zero-order chi connectivity index (χ0) is 17.6. The van der Waals surface area contributed by atoms with Gasteiger partial charge in [0.15, 0.2) is 0 Å². The summed E-state index contributed by atoms with van der Waals surface area (Å²) >= 11 is 0. The maximum absolute atomic E-state index is 2.75. The van der Waals surface area contributed by atoms with Crippen LogP contribution in [0.4, 0.5) is 0 Å². The molecule has 9 atom stereocenters. The minimum Gasteiger partial charge on any atom is -0.0845 e. The van der Waals surface area contributed by atoms with E-state index in [1.54, 1.807) is 6.42 Å². The van der Waals surface area contributed by atoms with Gasteiger partial charge >= 0.3 is 0 Å². The predicted molar refractivity (Wildman–Crippen MR) is 106 cm³/mol. The number of rotatable bonds is 1. The smallest absolute Gasteiger partial charge is 0.00851 e. The molecule has 0 saturated heterocycles. The maximum atomic E-state index is 2.75. The van der Waals surface area contributed by atoms with E-state index in [0.29, 0.717) is 16.2 Å². The van der Waals surface area contributed by atoms with Crippen molar-refractivity contribution in [2.75, 3.05) is 0 Å². The summed E-state index contributed by atoms with van der Waals surface area (Å²) in [5, 5.41) is 0. The van der Waals surface area contributed by atoms with Crippen LogP contribution in [0.15, 0.2) is 11.6 Å². The van der Waals surface area contributed by atoms with Gasteiger partial charge in [-0.25, -0.2) is 0 Å². The molecule has 0 aliphatic heterocycles. The summed E-state index contributed by atoms with van der Waals surface area (Å²) in [5.41, 5.74) is 3.78. The van der Waals surface area contributed by atoms with Crippen LogP contribution in [0.1, 0.15) is 92.4 Å². The number of hydrogen-bond donors (Lipinski definition) is 0. The van der Waals surface area contributed by atoms with Crippen LogP contribution < -0.4 is 0 Å². The molecule has 4 fully saturated rings. The topological polar surface area (TPSA) is 0 Å². The van der Waals surface area contributed by atoms with Gasteiger partial charge in [-0.3, -0.25) is 0 Å². The van der Waals surface area contributed by atoms with Crippen molar-refractivity contribution in [1.82, 2.24) is 0 Å². The molecule has 25 heavy (non-hydrogen) atoms. The lowest BCUT2D eigenvalue weighted by Crippen LogP contribution is -2.50. The summed E-state index contributed by atoms with van der Waals surface area (Å²) in [6, 6.07) is 0. The molecule has 0 nitrogen and oxygen atoms in total. The van der Waals surface area contributed by atoms with Crippen molar-refractivity contribution in [3.8, 4) is 0 Å². The largest absolute Gasteiger partial charge is 0.0845 e. The molecular formula is C25H40. The Labute approximate surface area is 156 Å². The lowest BCUT2D eigenvalue weighted by molar-refractivity contribution is -0.0555. The van der Waals surface area contributed by atoms with Crippen LogP contribution in [0.3, 0.4) is 0 Å². The molecule has 0 heteroatoms. The van der Waals surface area contributed by atoms with E-state index in [1.807, 2.05) is 5.57 Å². The molecule has 0 radical (unpaired) electrons. The molecule has 5 aliphatic rings. The fourth-order valence-electron chi connectivity index (χ4n) is 9.01. The summed E-state index contributed by atoms with van der Waals surface area (Å²) < 4.78 is 0. The van der Waals surface area contributed by atoms with E-state index in [-0.39, 0.29) is 0 Å². The molecule has 0 heterocycles. The van der Waals surface area contributed by atoms with E-state index in [2.05, 4.69) is 40.7 Å². The summed E-state index contributed by atoms with van der Waals surface area (Å²) in [6.07, 6.45) is 16.2. The number of hydrogen-bond acceptors (Lipinski definition) is 0. The van der Waals surface area contributed by atoms with Gasteiger partial charge in [0, 0.05) is 0 Å². The first-order chi connectivity index (χ1) is 11.8. The molecule has 140 valence electrons. The fraction of sp³-hybridized carbons (Fsp3) is 0.920. The highest BCUT2D eigenvalue weighted by molar-refractivity contribution is 5.25. The van der Waals surface area contributed by atoms with Gasteiger partial charge in [-0.05, 0) is 110 Å². The third kappa shape index (κ3) is 2.12. The van der Waals surface area contributed by atoms with E-state index in [0.717, 1.165) is 35.5 Å². The Kier molecular flexibility index (Phi) is 3.49. The SMILES string of the molecule is CC1CC1(C)[C@H]1CCC2C3CC=C4C[C@@H](C)CCC4(C)C3CCC21C. The first-order valence-corrected chi connectivity index (χ1v) is 11.5. The third-order valence-electron chi connectivity index (χ3n) is 10.9. The first kappa shape index (κ1) is 16.9. The normalized spacial score (nSPS) is 60.3. The van der Waals surface area contributed by atoms with Crippen molar-refractivity contribution in [2.45, 2.75) is 92.4 Å². The van der Waals surface area contributed by atoms with Crippen LogP contribution in [0.5, 0.6) is 0 Å². The van der Waals surface area contributed by atoms with Crippen LogP contribution in [0, 0.1) is 51.8 Å². The maximum Gasteiger partial charge on any atom is -0.00851 e. The first-order valence-electron chi connectivity index (χ1n) is 11.5. The van der Waals surface area contributed by atoms with Gasteiger partial charge in [0.1, 0.15) is 0 Å². The van der Waals surface area contributed by atoms with E-state index in [4.69, 9.17) is 0 Å². The standard InChI is InChI=1S/C25H40/c1-16-10-12-23(3)18(14-16)6-7-19-20-8-9-22(25(5)15-17(25)2)24(20,4)13-11-21(19)23/h6,16-17,19-22H,7-15H2,1-5H3/t16-,17?,19?,20?,21?,22-,23?,24?,25?/m0/s1. The van der Waals surface area contributed by atoms with Gasteiger partial charge in [-0.1, -0.05) is 46.3 Å². The molecule has 0 aromatic heterocycles. The highest BCUT2D eigenvalue weighted by Gasteiger charge is 2.65. The summed E-state index contributed by atoms with van der Waals surface area (Å²) in [7, 11) is 0. The number of fused-ring (bicyclic) bond motifs is 5. The minimum absolute atomic E-state index is 0.561. The molecule has 0 amide bonds. The van der Waals surface area contributed by atoms with Gasteiger partial charge in [0.2, 0.25) is 0 Å². The Morgan fingerprint density at radius 1 is 0.880 bits per heavy atom. The van der Waals surface area contributed by atoms with Crippen molar-refractivity contribution < 1.29 is 0 Å². The van der Waals surface area contributed by atoms with Crippen molar-refractivity contribution in [3.05, 3.63) is 11.6 Å². The monoisotopic (exact) mass is 340 g/mol. The van der Waals surface area contributed by atoms with E-state index >= 15 is 0 Å². The Morgan fingerprint density at radius 3 is 2.36 bits per heavy atom. The average molecular weight is 341 g/mol. The lowest BCUT2D eigenvalue weighted by Gasteiger charge is -2.58. The van der Waals surface area contributed by atoms with Crippen molar-refractivity contribution in [3.63, 3.8) is 0 Å². The van der Waals surface area contributed by atoms with Gasteiger partial charge in [0.25, 0.3) is 0 Å². The molecule has 0 N–H and O–H groups in total. The molecule has 0 aromatic rings. The number of allylic oxidation sites excluding steroid dienone is 2. The predicted octanol–water partition coefficient (Wildman–Crippen LogP) is 7.25. The second-order valence-electron chi connectivity index (χ2n) is 11.9. The third-order valence-corrected chi connectivity index (χ3v) is 10.9. The molecule has 0 aromatic carbocycles. The molecule has 5 aliphatic carbocycles.